The van der Waals surface area contributed by atoms with Crippen molar-refractivity contribution in [3.63, 3.8) is 0 Å². The Morgan fingerprint density at radius 1 is 1.42 bits per heavy atom. The number of aromatic nitrogens is 2. The standard InChI is InChI=1S/C18H22ClFN4O2/c1-22(2)18(26)9-17(25)16-8-12-10-23(6-7-24(12)21-16)11-13-14(19)4-3-5-15(13)20/h3-5,8,17,25H,6-7,9-11H2,1-2H3/t17-/m0/s1. The monoisotopic (exact) mass is 380 g/mol. The molecule has 1 aromatic carbocycles. The van der Waals surface area contributed by atoms with Crippen LogP contribution in [0.25, 0.3) is 0 Å². The number of aliphatic hydroxyl groups is 1. The van der Waals surface area contributed by atoms with Crippen molar-refractivity contribution in [1.29, 1.82) is 0 Å². The fourth-order valence-electron chi connectivity index (χ4n) is 3.00. The molecule has 1 amide bonds. The zero-order valence-corrected chi connectivity index (χ0v) is 15.6. The smallest absolute Gasteiger partial charge is 0.225 e. The summed E-state index contributed by atoms with van der Waals surface area (Å²) in [5.74, 6) is -0.464. The molecule has 1 atom stereocenters. The van der Waals surface area contributed by atoms with Gasteiger partial charge in [-0.3, -0.25) is 14.4 Å². The van der Waals surface area contributed by atoms with E-state index >= 15 is 0 Å². The van der Waals surface area contributed by atoms with Crippen molar-refractivity contribution in [3.05, 3.63) is 52.1 Å². The first-order valence-corrected chi connectivity index (χ1v) is 8.83. The Labute approximate surface area is 156 Å². The Balaban J connectivity index is 1.69. The summed E-state index contributed by atoms with van der Waals surface area (Å²) >= 11 is 6.12. The average molecular weight is 381 g/mol. The summed E-state index contributed by atoms with van der Waals surface area (Å²) in [7, 11) is 3.30. The molecule has 0 unspecified atom stereocenters. The molecular formula is C18H22ClFN4O2. The van der Waals surface area contributed by atoms with Crippen molar-refractivity contribution < 1.29 is 14.3 Å². The maximum atomic E-state index is 14.0. The second kappa shape index (κ2) is 7.73. The van der Waals surface area contributed by atoms with Gasteiger partial charge in [0.25, 0.3) is 0 Å². The fraction of sp³-hybridized carbons (Fsp3) is 0.444. The van der Waals surface area contributed by atoms with Crippen molar-refractivity contribution >= 4 is 17.5 Å². The summed E-state index contributed by atoms with van der Waals surface area (Å²) in [6.07, 6.45) is -0.935. The van der Waals surface area contributed by atoms with Gasteiger partial charge in [-0.25, -0.2) is 4.39 Å². The molecule has 0 fully saturated rings. The van der Waals surface area contributed by atoms with Crippen molar-refractivity contribution in [2.45, 2.75) is 32.2 Å². The second-order valence-corrected chi connectivity index (χ2v) is 7.11. The molecule has 1 aliphatic heterocycles. The summed E-state index contributed by atoms with van der Waals surface area (Å²) in [5.41, 5.74) is 1.90. The topological polar surface area (TPSA) is 61.6 Å². The van der Waals surface area contributed by atoms with Gasteiger partial charge in [-0.1, -0.05) is 17.7 Å². The van der Waals surface area contributed by atoms with E-state index in [0.29, 0.717) is 42.5 Å². The van der Waals surface area contributed by atoms with Crippen LogP contribution < -0.4 is 0 Å². The molecule has 1 aliphatic rings. The Morgan fingerprint density at radius 3 is 2.88 bits per heavy atom. The third-order valence-electron chi connectivity index (χ3n) is 4.55. The van der Waals surface area contributed by atoms with Crippen molar-refractivity contribution in [2.24, 2.45) is 0 Å². The lowest BCUT2D eigenvalue weighted by atomic mass is 10.1. The number of fused-ring (bicyclic) bond motifs is 1. The van der Waals surface area contributed by atoms with Gasteiger partial charge in [-0.05, 0) is 18.2 Å². The second-order valence-electron chi connectivity index (χ2n) is 6.70. The molecule has 0 saturated heterocycles. The number of hydrogen-bond acceptors (Lipinski definition) is 4. The highest BCUT2D eigenvalue weighted by molar-refractivity contribution is 6.31. The van der Waals surface area contributed by atoms with E-state index in [-0.39, 0.29) is 18.1 Å². The largest absolute Gasteiger partial charge is 0.386 e. The minimum Gasteiger partial charge on any atom is -0.386 e. The van der Waals surface area contributed by atoms with Gasteiger partial charge in [-0.2, -0.15) is 5.10 Å². The molecular weight excluding hydrogens is 359 g/mol. The summed E-state index contributed by atoms with van der Waals surface area (Å²) in [6, 6.07) is 6.49. The van der Waals surface area contributed by atoms with E-state index in [1.807, 2.05) is 10.7 Å². The number of nitrogens with zero attached hydrogens (tertiary/aromatic N) is 4. The summed E-state index contributed by atoms with van der Waals surface area (Å²) in [5, 5.41) is 15.1. The van der Waals surface area contributed by atoms with Gasteiger partial charge in [0.1, 0.15) is 11.9 Å². The van der Waals surface area contributed by atoms with Crippen LogP contribution >= 0.6 is 11.6 Å². The number of carbonyl (C=O) groups excluding carboxylic acids is 1. The molecule has 0 radical (unpaired) electrons. The highest BCUT2D eigenvalue weighted by atomic mass is 35.5. The fourth-order valence-corrected chi connectivity index (χ4v) is 3.22. The summed E-state index contributed by atoms with van der Waals surface area (Å²) in [4.78, 5) is 15.3. The third kappa shape index (κ3) is 4.06. The molecule has 0 aliphatic carbocycles. The lowest BCUT2D eigenvalue weighted by Gasteiger charge is -2.27. The number of hydrogen-bond donors (Lipinski definition) is 1. The average Bonchev–Trinajstić information content (AvgIpc) is 3.01. The first kappa shape index (κ1) is 18.8. The van der Waals surface area contributed by atoms with Gasteiger partial charge in [0, 0.05) is 44.3 Å². The molecule has 1 N–H and O–H groups in total. The minimum absolute atomic E-state index is 0.00198. The van der Waals surface area contributed by atoms with Crippen LogP contribution in [0.15, 0.2) is 24.3 Å². The van der Waals surface area contributed by atoms with E-state index < -0.39 is 6.10 Å². The molecule has 0 spiro atoms. The quantitative estimate of drug-likeness (QED) is 0.863. The first-order chi connectivity index (χ1) is 12.3. The highest BCUT2D eigenvalue weighted by Gasteiger charge is 2.24. The molecule has 1 aromatic heterocycles. The Bertz CT molecular complexity index is 788. The van der Waals surface area contributed by atoms with Gasteiger partial charge in [0.15, 0.2) is 0 Å². The third-order valence-corrected chi connectivity index (χ3v) is 4.90. The van der Waals surface area contributed by atoms with Crippen LogP contribution in [0.1, 0.15) is 29.5 Å². The van der Waals surface area contributed by atoms with E-state index in [2.05, 4.69) is 10.00 Å². The van der Waals surface area contributed by atoms with Crippen LogP contribution in [0.2, 0.25) is 5.02 Å². The number of aliphatic hydroxyl groups excluding tert-OH is 1. The van der Waals surface area contributed by atoms with Crippen LogP contribution in [0.3, 0.4) is 0 Å². The Morgan fingerprint density at radius 2 is 2.19 bits per heavy atom. The van der Waals surface area contributed by atoms with E-state index in [4.69, 9.17) is 11.6 Å². The van der Waals surface area contributed by atoms with Crippen LogP contribution in [0.5, 0.6) is 0 Å². The van der Waals surface area contributed by atoms with Gasteiger partial charge in [-0.15, -0.1) is 0 Å². The van der Waals surface area contributed by atoms with Gasteiger partial charge in [0.05, 0.1) is 24.4 Å². The van der Waals surface area contributed by atoms with Crippen molar-refractivity contribution in [2.75, 3.05) is 20.6 Å². The molecule has 2 heterocycles. The molecule has 26 heavy (non-hydrogen) atoms. The van der Waals surface area contributed by atoms with Crippen molar-refractivity contribution in [3.8, 4) is 0 Å². The molecule has 0 saturated carbocycles. The van der Waals surface area contributed by atoms with Crippen LogP contribution in [-0.4, -0.2) is 51.2 Å². The molecule has 3 rings (SSSR count). The SMILES string of the molecule is CN(C)C(=O)C[C@H](O)c1cc2n(n1)CCN(Cc1c(F)cccc1Cl)C2. The predicted octanol–water partition coefficient (Wildman–Crippen LogP) is 2.20. The van der Waals surface area contributed by atoms with E-state index in [0.717, 1.165) is 5.69 Å². The zero-order valence-electron chi connectivity index (χ0n) is 14.8. The van der Waals surface area contributed by atoms with Crippen LogP contribution in [-0.2, 0) is 24.4 Å². The number of benzene rings is 1. The van der Waals surface area contributed by atoms with Gasteiger partial charge < -0.3 is 10.0 Å². The van der Waals surface area contributed by atoms with E-state index in [9.17, 15) is 14.3 Å². The molecule has 8 heteroatoms. The zero-order chi connectivity index (χ0) is 18.8. The summed E-state index contributed by atoms with van der Waals surface area (Å²) < 4.78 is 15.8. The molecule has 6 nitrogen and oxygen atoms in total. The first-order valence-electron chi connectivity index (χ1n) is 8.45. The molecule has 140 valence electrons. The van der Waals surface area contributed by atoms with Crippen LogP contribution in [0.4, 0.5) is 4.39 Å². The van der Waals surface area contributed by atoms with E-state index in [1.54, 1.807) is 26.2 Å². The Hall–Kier alpha value is -1.96. The maximum absolute atomic E-state index is 14.0. The predicted molar refractivity (Wildman–Crippen MR) is 96.0 cm³/mol. The summed E-state index contributed by atoms with van der Waals surface area (Å²) in [6.45, 7) is 2.32. The minimum atomic E-state index is -0.933. The maximum Gasteiger partial charge on any atom is 0.225 e. The lowest BCUT2D eigenvalue weighted by Crippen LogP contribution is -2.33. The number of carbonyl (C=O) groups is 1. The molecule has 2 aromatic rings. The van der Waals surface area contributed by atoms with Crippen molar-refractivity contribution in [1.82, 2.24) is 19.6 Å². The number of amides is 1. The highest BCUT2D eigenvalue weighted by Crippen LogP contribution is 2.25. The van der Waals surface area contributed by atoms with Gasteiger partial charge >= 0.3 is 0 Å². The molecule has 0 bridgehead atoms. The normalized spacial score (nSPS) is 15.6. The van der Waals surface area contributed by atoms with Crippen LogP contribution in [0, 0.1) is 5.82 Å². The van der Waals surface area contributed by atoms with Gasteiger partial charge in [0.2, 0.25) is 5.91 Å². The Kier molecular flexibility index (Phi) is 5.60. The number of rotatable bonds is 5. The lowest BCUT2D eigenvalue weighted by molar-refractivity contribution is -0.130. The number of halogens is 2. The van der Waals surface area contributed by atoms with E-state index in [1.165, 1.54) is 11.0 Å².